The number of carbonyl (C=O) groups excluding carboxylic acids is 3. The Hall–Kier alpha value is -3.91. The molecule has 0 aromatic heterocycles. The van der Waals surface area contributed by atoms with Crippen molar-refractivity contribution < 1.29 is 29.4 Å². The molecule has 13 N–H and O–H groups in total. The number of amides is 3. The van der Waals surface area contributed by atoms with Gasteiger partial charge in [-0.2, -0.15) is 0 Å². The van der Waals surface area contributed by atoms with Crippen LogP contribution in [0.25, 0.3) is 0 Å². The number of aliphatic carboxylic acids is 1. The number of aliphatic imine (C=N–C) groups is 1. The maximum atomic E-state index is 13.4. The van der Waals surface area contributed by atoms with Gasteiger partial charge in [-0.15, -0.1) is 0 Å². The first-order valence-electron chi connectivity index (χ1n) is 13.8. The molecule has 0 radical (unpaired) electrons. The Morgan fingerprint density at radius 3 is 2.00 bits per heavy atom. The molecule has 14 nitrogen and oxygen atoms in total. The average Bonchev–Trinajstić information content (AvgIpc) is 2.90. The molecular weight excluding hydrogens is 532 g/mol. The zero-order valence-corrected chi connectivity index (χ0v) is 23.8. The number of aromatic hydroxyl groups is 1. The number of phenolic OH excluding ortho intramolecular Hbond substituents is 1. The summed E-state index contributed by atoms with van der Waals surface area (Å²) in [7, 11) is 0. The van der Waals surface area contributed by atoms with Crippen LogP contribution >= 0.6 is 0 Å². The highest BCUT2D eigenvalue weighted by atomic mass is 16.4. The molecule has 0 aliphatic carbocycles. The third-order valence-corrected chi connectivity index (χ3v) is 6.22. The van der Waals surface area contributed by atoms with Crippen LogP contribution in [0.5, 0.6) is 5.75 Å². The van der Waals surface area contributed by atoms with Gasteiger partial charge in [0.25, 0.3) is 0 Å². The van der Waals surface area contributed by atoms with Crippen LogP contribution < -0.4 is 38.9 Å². The van der Waals surface area contributed by atoms with Crippen molar-refractivity contribution in [2.24, 2.45) is 33.8 Å². The Morgan fingerprint density at radius 2 is 1.44 bits per heavy atom. The van der Waals surface area contributed by atoms with Gasteiger partial charge in [-0.3, -0.25) is 19.4 Å². The molecule has 0 saturated carbocycles. The summed E-state index contributed by atoms with van der Waals surface area (Å²) in [5, 5.41) is 27.1. The lowest BCUT2D eigenvalue weighted by Gasteiger charge is -2.26. The molecule has 0 saturated heterocycles. The second kappa shape index (κ2) is 18.4. The number of carboxylic acids is 1. The number of nitrogens with zero attached hydrogens (tertiary/aromatic N) is 1. The quantitative estimate of drug-likeness (QED) is 0.0551. The molecule has 1 aromatic rings. The van der Waals surface area contributed by atoms with Gasteiger partial charge in [0.15, 0.2) is 5.96 Å². The van der Waals surface area contributed by atoms with Crippen LogP contribution in [0.15, 0.2) is 29.3 Å². The summed E-state index contributed by atoms with van der Waals surface area (Å²) in [6.07, 6.45) is 2.31. The first-order chi connectivity index (χ1) is 19.3. The molecule has 0 aliphatic rings. The first-order valence-corrected chi connectivity index (χ1v) is 13.8. The fourth-order valence-electron chi connectivity index (χ4n) is 4.01. The molecule has 0 aliphatic heterocycles. The minimum absolute atomic E-state index is 0.00708. The molecule has 4 unspecified atom stereocenters. The van der Waals surface area contributed by atoms with Gasteiger partial charge in [-0.05, 0) is 68.7 Å². The van der Waals surface area contributed by atoms with E-state index in [1.165, 1.54) is 12.1 Å². The normalized spacial score (nSPS) is 13.9. The molecule has 0 heterocycles. The number of carboxylic acid groups (broad SMARTS) is 1. The molecule has 3 amide bonds. The van der Waals surface area contributed by atoms with E-state index in [2.05, 4.69) is 20.9 Å². The van der Waals surface area contributed by atoms with Crippen molar-refractivity contribution >= 4 is 29.7 Å². The summed E-state index contributed by atoms with van der Waals surface area (Å²) in [5.74, 6) is -3.11. The lowest BCUT2D eigenvalue weighted by Crippen LogP contribution is -2.57. The van der Waals surface area contributed by atoms with Gasteiger partial charge in [0, 0.05) is 13.0 Å². The van der Waals surface area contributed by atoms with Crippen LogP contribution in [0.2, 0.25) is 0 Å². The lowest BCUT2D eigenvalue weighted by molar-refractivity contribution is -0.142. The second-order valence-electron chi connectivity index (χ2n) is 10.4. The largest absolute Gasteiger partial charge is 0.508 e. The van der Waals surface area contributed by atoms with Gasteiger partial charge in [-0.1, -0.05) is 26.0 Å². The molecular formula is C27H46N8O6. The highest BCUT2D eigenvalue weighted by Gasteiger charge is 2.30. The third kappa shape index (κ3) is 14.3. The number of unbranched alkanes of at least 4 members (excludes halogenated alkanes) is 1. The average molecular weight is 579 g/mol. The highest BCUT2D eigenvalue weighted by molar-refractivity contribution is 5.94. The van der Waals surface area contributed by atoms with Crippen LogP contribution in [0.1, 0.15) is 57.9 Å². The maximum absolute atomic E-state index is 13.4. The number of carbonyl (C=O) groups is 4. The summed E-state index contributed by atoms with van der Waals surface area (Å²) < 4.78 is 0. The predicted octanol–water partition coefficient (Wildman–Crippen LogP) is -0.970. The van der Waals surface area contributed by atoms with Gasteiger partial charge >= 0.3 is 5.97 Å². The fraction of sp³-hybridized carbons (Fsp3) is 0.593. The van der Waals surface area contributed by atoms with Crippen LogP contribution in [0.4, 0.5) is 0 Å². The van der Waals surface area contributed by atoms with Gasteiger partial charge in [0.2, 0.25) is 17.7 Å². The van der Waals surface area contributed by atoms with Crippen molar-refractivity contribution in [3.8, 4) is 5.75 Å². The first kappa shape index (κ1) is 35.1. The number of hydrogen-bond acceptors (Lipinski definition) is 8. The molecule has 230 valence electrons. The topological polar surface area (TPSA) is 261 Å². The smallest absolute Gasteiger partial charge is 0.326 e. The SMILES string of the molecule is CC(C)CC(NC(=O)C(Cc1ccc(O)cc1)NC(=O)C(CCCCN)NC(=O)C(N)CCCN=C(N)N)C(=O)O. The number of nitrogens with two attached hydrogens (primary N) is 4. The standard InChI is InChI=1S/C27H46N8O6/c1-16(2)14-22(26(40)41)35-25(39)21(15-17-8-10-18(36)11-9-17)34-24(38)20(7-3-4-12-28)33-23(37)19(29)6-5-13-32-27(30)31/h8-11,16,19-22,36H,3-7,12-15,28-29H2,1-2H3,(H,33,37)(H,34,38)(H,35,39)(H,40,41)(H4,30,31,32). The third-order valence-electron chi connectivity index (χ3n) is 6.22. The Bertz CT molecular complexity index is 1010. The van der Waals surface area contributed by atoms with Crippen molar-refractivity contribution in [3.63, 3.8) is 0 Å². The second-order valence-corrected chi connectivity index (χ2v) is 10.4. The van der Waals surface area contributed by atoms with Gasteiger partial charge < -0.3 is 49.1 Å². The minimum atomic E-state index is -1.19. The van der Waals surface area contributed by atoms with E-state index in [1.807, 2.05) is 13.8 Å². The van der Waals surface area contributed by atoms with Crippen molar-refractivity contribution in [2.45, 2.75) is 83.0 Å². The zero-order valence-electron chi connectivity index (χ0n) is 23.8. The zero-order chi connectivity index (χ0) is 30.9. The van der Waals surface area contributed by atoms with Crippen molar-refractivity contribution in [1.29, 1.82) is 0 Å². The Morgan fingerprint density at radius 1 is 0.854 bits per heavy atom. The molecule has 4 atom stereocenters. The Labute approximate surface area is 240 Å². The van der Waals surface area contributed by atoms with Crippen LogP contribution in [0.3, 0.4) is 0 Å². The number of benzene rings is 1. The minimum Gasteiger partial charge on any atom is -0.508 e. The van der Waals surface area contributed by atoms with Crippen LogP contribution in [-0.4, -0.2) is 77.1 Å². The van der Waals surface area contributed by atoms with E-state index in [0.29, 0.717) is 37.9 Å². The van der Waals surface area contributed by atoms with Crippen molar-refractivity contribution in [1.82, 2.24) is 16.0 Å². The number of hydrogen-bond donors (Lipinski definition) is 9. The summed E-state index contributed by atoms with van der Waals surface area (Å²) >= 11 is 0. The van der Waals surface area contributed by atoms with Crippen molar-refractivity contribution in [3.05, 3.63) is 29.8 Å². The lowest BCUT2D eigenvalue weighted by atomic mass is 10.0. The van der Waals surface area contributed by atoms with Crippen molar-refractivity contribution in [2.75, 3.05) is 13.1 Å². The predicted molar refractivity (Wildman–Crippen MR) is 155 cm³/mol. The number of phenols is 1. The molecule has 14 heteroatoms. The molecule has 0 bridgehead atoms. The van der Waals surface area contributed by atoms with E-state index in [1.54, 1.807) is 12.1 Å². The molecule has 1 rings (SSSR count). The van der Waals surface area contributed by atoms with Crippen LogP contribution in [0, 0.1) is 5.92 Å². The van der Waals surface area contributed by atoms with E-state index >= 15 is 0 Å². The Balaban J connectivity index is 3.09. The Kier molecular flexibility index (Phi) is 15.8. The highest BCUT2D eigenvalue weighted by Crippen LogP contribution is 2.13. The number of rotatable bonds is 19. The van der Waals surface area contributed by atoms with Gasteiger partial charge in [-0.25, -0.2) is 4.79 Å². The van der Waals surface area contributed by atoms with E-state index < -0.39 is 47.9 Å². The van der Waals surface area contributed by atoms with Crippen LogP contribution in [-0.2, 0) is 25.6 Å². The van der Waals surface area contributed by atoms with Gasteiger partial charge in [0.05, 0.1) is 6.04 Å². The molecule has 1 aromatic carbocycles. The molecule has 0 spiro atoms. The fourth-order valence-corrected chi connectivity index (χ4v) is 4.01. The van der Waals surface area contributed by atoms with Gasteiger partial charge in [0.1, 0.15) is 23.9 Å². The maximum Gasteiger partial charge on any atom is 0.326 e. The summed E-state index contributed by atoms with van der Waals surface area (Å²) in [5.41, 5.74) is 22.8. The summed E-state index contributed by atoms with van der Waals surface area (Å²) in [4.78, 5) is 55.1. The van der Waals surface area contributed by atoms with E-state index in [-0.39, 0.29) is 43.3 Å². The van der Waals surface area contributed by atoms with E-state index in [9.17, 15) is 29.4 Å². The van der Waals surface area contributed by atoms with E-state index in [0.717, 1.165) is 0 Å². The van der Waals surface area contributed by atoms with E-state index in [4.69, 9.17) is 22.9 Å². The summed E-state index contributed by atoms with van der Waals surface area (Å²) in [6, 6.07) is 1.81. The number of nitrogens with one attached hydrogen (secondary N) is 3. The monoisotopic (exact) mass is 578 g/mol. The molecule has 41 heavy (non-hydrogen) atoms. The summed E-state index contributed by atoms with van der Waals surface area (Å²) in [6.45, 7) is 4.35. The number of guanidine groups is 1. The molecule has 0 fully saturated rings.